The first-order chi connectivity index (χ1) is 13.4. The van der Waals surface area contributed by atoms with Gasteiger partial charge in [-0.3, -0.25) is 19.8 Å². The zero-order valence-corrected chi connectivity index (χ0v) is 16.0. The number of nitro groups is 1. The maximum Gasteiger partial charge on any atom is 0.327 e. The van der Waals surface area contributed by atoms with Crippen LogP contribution in [0, 0.1) is 10.1 Å². The van der Waals surface area contributed by atoms with Gasteiger partial charge in [-0.15, -0.1) is 0 Å². The van der Waals surface area contributed by atoms with Crippen LogP contribution < -0.4 is 0 Å². The van der Waals surface area contributed by atoms with Crippen LogP contribution in [0.25, 0.3) is 6.08 Å². The van der Waals surface area contributed by atoms with Gasteiger partial charge in [0, 0.05) is 18.6 Å². The maximum atomic E-state index is 12.8. The number of rotatable bonds is 6. The number of nitrogens with zero attached hydrogens (tertiary/aromatic N) is 2. The van der Waals surface area contributed by atoms with Gasteiger partial charge in [-0.05, 0) is 17.2 Å². The Morgan fingerprint density at radius 2 is 1.96 bits per heavy atom. The SMILES string of the molecule is O=C(O)[C@H](Cc1ccccc1)N1C(=O)/C(=C/c2cccc([N+](=O)[O-])c2)SC1=S. The van der Waals surface area contributed by atoms with Gasteiger partial charge in [0.15, 0.2) is 0 Å². The van der Waals surface area contributed by atoms with Crippen LogP contribution in [0.4, 0.5) is 5.69 Å². The van der Waals surface area contributed by atoms with Gasteiger partial charge in [-0.1, -0.05) is 66.4 Å². The minimum Gasteiger partial charge on any atom is -0.480 e. The number of hydrogen-bond donors (Lipinski definition) is 1. The van der Waals surface area contributed by atoms with Gasteiger partial charge in [0.2, 0.25) is 0 Å². The number of carbonyl (C=O) groups is 2. The van der Waals surface area contributed by atoms with Crippen molar-refractivity contribution in [1.29, 1.82) is 0 Å². The number of amides is 1. The average molecular weight is 414 g/mol. The minimum atomic E-state index is -1.16. The van der Waals surface area contributed by atoms with Crippen LogP contribution in [0.3, 0.4) is 0 Å². The zero-order valence-electron chi connectivity index (χ0n) is 14.3. The molecule has 0 aliphatic carbocycles. The van der Waals surface area contributed by atoms with Crippen LogP contribution in [0.15, 0.2) is 59.5 Å². The van der Waals surface area contributed by atoms with Crippen molar-refractivity contribution in [2.24, 2.45) is 0 Å². The van der Waals surface area contributed by atoms with Crippen molar-refractivity contribution in [1.82, 2.24) is 4.90 Å². The number of nitro benzene ring substituents is 1. The van der Waals surface area contributed by atoms with Crippen LogP contribution >= 0.6 is 24.0 Å². The van der Waals surface area contributed by atoms with Crippen molar-refractivity contribution in [2.45, 2.75) is 12.5 Å². The van der Waals surface area contributed by atoms with E-state index in [2.05, 4.69) is 0 Å². The highest BCUT2D eigenvalue weighted by Gasteiger charge is 2.40. The smallest absolute Gasteiger partial charge is 0.327 e. The highest BCUT2D eigenvalue weighted by molar-refractivity contribution is 8.26. The molecule has 2 aromatic rings. The first kappa shape index (κ1) is 19.7. The molecule has 1 aliphatic heterocycles. The van der Waals surface area contributed by atoms with Gasteiger partial charge < -0.3 is 5.11 Å². The Balaban J connectivity index is 1.88. The lowest BCUT2D eigenvalue weighted by molar-refractivity contribution is -0.384. The third-order valence-corrected chi connectivity index (χ3v) is 5.40. The Morgan fingerprint density at radius 1 is 1.25 bits per heavy atom. The summed E-state index contributed by atoms with van der Waals surface area (Å²) in [6.45, 7) is 0. The van der Waals surface area contributed by atoms with Gasteiger partial charge in [0.05, 0.1) is 9.83 Å². The van der Waals surface area contributed by atoms with E-state index in [1.807, 2.05) is 6.07 Å². The summed E-state index contributed by atoms with van der Waals surface area (Å²) < 4.78 is 0.144. The molecule has 1 N–H and O–H groups in total. The predicted octanol–water partition coefficient (Wildman–Crippen LogP) is 3.49. The molecule has 1 heterocycles. The third kappa shape index (κ3) is 4.26. The Morgan fingerprint density at radius 3 is 2.61 bits per heavy atom. The first-order valence-corrected chi connectivity index (χ1v) is 9.37. The summed E-state index contributed by atoms with van der Waals surface area (Å²) in [6, 6.07) is 13.7. The normalized spacial score (nSPS) is 16.4. The second-order valence-electron chi connectivity index (χ2n) is 5.95. The topological polar surface area (TPSA) is 101 Å². The van der Waals surface area contributed by atoms with Crippen molar-refractivity contribution >= 4 is 51.9 Å². The fourth-order valence-corrected chi connectivity index (χ4v) is 4.11. The molecule has 0 unspecified atom stereocenters. The lowest BCUT2D eigenvalue weighted by Crippen LogP contribution is -2.45. The molecule has 0 radical (unpaired) electrons. The summed E-state index contributed by atoms with van der Waals surface area (Å²) in [6.07, 6.45) is 1.60. The molecule has 2 aromatic carbocycles. The molecule has 7 nitrogen and oxygen atoms in total. The van der Waals surface area contributed by atoms with E-state index in [-0.39, 0.29) is 21.3 Å². The molecule has 1 fully saturated rings. The molecule has 0 aromatic heterocycles. The standard InChI is InChI=1S/C19H14N2O5S2/c22-17-16(11-13-7-4-8-14(9-13)21(25)26)28-19(27)20(17)15(18(23)24)10-12-5-2-1-3-6-12/h1-9,11,15H,10H2,(H,23,24)/b16-11-/t15-/m0/s1. The molecular weight excluding hydrogens is 400 g/mol. The van der Waals surface area contributed by atoms with Gasteiger partial charge in [-0.2, -0.15) is 0 Å². The summed E-state index contributed by atoms with van der Waals surface area (Å²) in [7, 11) is 0. The fourth-order valence-electron chi connectivity index (χ4n) is 2.75. The van der Waals surface area contributed by atoms with Crippen LogP contribution in [-0.2, 0) is 16.0 Å². The third-order valence-electron chi connectivity index (χ3n) is 4.07. The van der Waals surface area contributed by atoms with Crippen LogP contribution in [0.2, 0.25) is 0 Å². The minimum absolute atomic E-state index is 0.100. The molecular formula is C19H14N2O5S2. The lowest BCUT2D eigenvalue weighted by Gasteiger charge is -2.23. The highest BCUT2D eigenvalue weighted by Crippen LogP contribution is 2.35. The van der Waals surface area contributed by atoms with Gasteiger partial charge in [0.25, 0.3) is 11.6 Å². The lowest BCUT2D eigenvalue weighted by atomic mass is 10.0. The van der Waals surface area contributed by atoms with E-state index >= 15 is 0 Å². The van der Waals surface area contributed by atoms with Gasteiger partial charge in [-0.25, -0.2) is 4.79 Å². The number of carbonyl (C=O) groups excluding carboxylic acids is 1. The maximum absolute atomic E-state index is 12.8. The van der Waals surface area contributed by atoms with E-state index in [4.69, 9.17) is 12.2 Å². The molecule has 9 heteroatoms. The number of carboxylic acid groups (broad SMARTS) is 1. The van der Waals surface area contributed by atoms with Crippen molar-refractivity contribution in [3.63, 3.8) is 0 Å². The Labute approximate surface area is 169 Å². The predicted molar refractivity (Wildman–Crippen MR) is 110 cm³/mol. The van der Waals surface area contributed by atoms with Crippen molar-refractivity contribution < 1.29 is 19.6 Å². The number of hydrogen-bond acceptors (Lipinski definition) is 6. The second-order valence-corrected chi connectivity index (χ2v) is 7.62. The Bertz CT molecular complexity index is 991. The Hall–Kier alpha value is -3.04. The summed E-state index contributed by atoms with van der Waals surface area (Å²) in [5, 5.41) is 20.6. The molecule has 28 heavy (non-hydrogen) atoms. The van der Waals surface area contributed by atoms with E-state index in [1.54, 1.807) is 30.3 Å². The summed E-state index contributed by atoms with van der Waals surface area (Å²) in [5.74, 6) is -1.68. The van der Waals surface area contributed by atoms with Gasteiger partial charge in [0.1, 0.15) is 10.4 Å². The molecule has 3 rings (SSSR count). The van der Waals surface area contributed by atoms with Crippen molar-refractivity contribution in [2.75, 3.05) is 0 Å². The summed E-state index contributed by atoms with van der Waals surface area (Å²) in [4.78, 5) is 36.3. The summed E-state index contributed by atoms with van der Waals surface area (Å²) >= 11 is 6.23. The van der Waals surface area contributed by atoms with Crippen LogP contribution in [-0.4, -0.2) is 37.2 Å². The van der Waals surface area contributed by atoms with E-state index in [0.29, 0.717) is 5.56 Å². The van der Waals surface area contributed by atoms with Crippen molar-refractivity contribution in [3.8, 4) is 0 Å². The number of benzene rings is 2. The fraction of sp³-hybridized carbons (Fsp3) is 0.105. The molecule has 142 valence electrons. The second kappa shape index (κ2) is 8.32. The van der Waals surface area contributed by atoms with Gasteiger partial charge >= 0.3 is 5.97 Å². The first-order valence-electron chi connectivity index (χ1n) is 8.15. The number of thioether (sulfide) groups is 1. The number of non-ortho nitro benzene ring substituents is 1. The van der Waals surface area contributed by atoms with E-state index in [9.17, 15) is 24.8 Å². The van der Waals surface area contributed by atoms with Crippen LogP contribution in [0.5, 0.6) is 0 Å². The largest absolute Gasteiger partial charge is 0.480 e. The molecule has 1 atom stereocenters. The van der Waals surface area contributed by atoms with Crippen LogP contribution in [0.1, 0.15) is 11.1 Å². The molecule has 0 spiro atoms. The van der Waals surface area contributed by atoms with E-state index in [0.717, 1.165) is 22.2 Å². The monoisotopic (exact) mass is 414 g/mol. The number of carboxylic acids is 1. The zero-order chi connectivity index (χ0) is 20.3. The average Bonchev–Trinajstić information content (AvgIpc) is 2.94. The van der Waals surface area contributed by atoms with E-state index in [1.165, 1.54) is 24.3 Å². The molecule has 1 amide bonds. The number of thiocarbonyl (C=S) groups is 1. The van der Waals surface area contributed by atoms with Crippen molar-refractivity contribution in [3.05, 3.63) is 80.7 Å². The number of aliphatic carboxylic acids is 1. The highest BCUT2D eigenvalue weighted by atomic mass is 32.2. The molecule has 0 bridgehead atoms. The molecule has 1 saturated heterocycles. The molecule has 0 saturated carbocycles. The Kier molecular flexibility index (Phi) is 5.86. The summed E-state index contributed by atoms with van der Waals surface area (Å²) in [5.41, 5.74) is 1.13. The molecule has 1 aliphatic rings. The van der Waals surface area contributed by atoms with E-state index < -0.39 is 22.8 Å². The quantitative estimate of drug-likeness (QED) is 0.334.